The van der Waals surface area contributed by atoms with Crippen LogP contribution in [0.25, 0.3) is 38.6 Å². The van der Waals surface area contributed by atoms with Crippen molar-refractivity contribution in [2.24, 2.45) is 0 Å². The average Bonchev–Trinajstić information content (AvgIpc) is 3.71. The number of benzene rings is 10. The molecule has 0 spiro atoms. The third-order valence-electron chi connectivity index (χ3n) is 14.7. The van der Waals surface area contributed by atoms with E-state index in [9.17, 15) is 0 Å². The molecule has 0 amide bonds. The summed E-state index contributed by atoms with van der Waals surface area (Å²) in [5.41, 5.74) is 18.2. The fourth-order valence-electron chi connectivity index (χ4n) is 12.2. The average molecular weight is 839 g/mol. The molecule has 14 rings (SSSR count). The fraction of sp³-hybridized carbons (Fsp3) is 0. The molecule has 65 heavy (non-hydrogen) atoms. The van der Waals surface area contributed by atoms with Gasteiger partial charge in [0.05, 0.1) is 11.0 Å². The maximum absolute atomic E-state index is 3.07. The van der Waals surface area contributed by atoms with E-state index in [0.29, 0.717) is 0 Å². The first-order valence-corrected chi connectivity index (χ1v) is 24.8. The van der Waals surface area contributed by atoms with E-state index >= 15 is 0 Å². The molecule has 4 heterocycles. The minimum Gasteiger partial charge on any atom is -0.313 e. The van der Waals surface area contributed by atoms with Gasteiger partial charge in [-0.15, -0.1) is 0 Å². The second-order valence-corrected chi connectivity index (χ2v) is 21.6. The highest BCUT2D eigenvalue weighted by Crippen LogP contribution is 2.42. The third-order valence-corrected chi connectivity index (χ3v) is 19.5. The summed E-state index contributed by atoms with van der Waals surface area (Å²) in [6, 6.07) is 92.1. The lowest BCUT2D eigenvalue weighted by Gasteiger charge is -2.52. The Kier molecular flexibility index (Phi) is 7.93. The summed E-state index contributed by atoms with van der Waals surface area (Å²) in [6.45, 7) is 0.0922. The van der Waals surface area contributed by atoms with E-state index in [2.05, 4.69) is 252 Å². The fourth-order valence-corrected chi connectivity index (χ4v) is 17.4. The minimum atomic E-state index is -3.07. The van der Waals surface area contributed by atoms with Gasteiger partial charge >= 0.3 is 0 Å². The van der Waals surface area contributed by atoms with Gasteiger partial charge in [0.25, 0.3) is 0 Å². The molecule has 5 heteroatoms. The van der Waals surface area contributed by atoms with Crippen molar-refractivity contribution < 1.29 is 0 Å². The lowest BCUT2D eigenvalue weighted by atomic mass is 9.30. The number of aromatic nitrogens is 1. The predicted molar refractivity (Wildman–Crippen MR) is 280 cm³/mol. The summed E-state index contributed by atoms with van der Waals surface area (Å²) >= 11 is 0. The Labute approximate surface area is 380 Å². The summed E-state index contributed by atoms with van der Waals surface area (Å²) in [5.74, 6) is 0. The highest BCUT2D eigenvalue weighted by Gasteiger charge is 2.55. The standard InChI is InChI=1S/C60H40B2N2Si/c1-6-20-43(21-7-1)61-50-31-18-32-51-58(50)64-59-52(61)33-19-35-56(59)65(46-26-12-4-13-27-46,47-28-14-5-15-29-47)57-40-42(38-53(60(57)64)62(51)44-22-8-2-9-23-44)41-36-37-49-48-30-16-17-34-54(48)63(55(49)39-41)45-24-10-3-11-25-45/h1-40H. The molecule has 0 saturated heterocycles. The highest BCUT2D eigenvalue weighted by molar-refractivity contribution is 7.22. The van der Waals surface area contributed by atoms with Crippen LogP contribution in [-0.2, 0) is 0 Å². The topological polar surface area (TPSA) is 8.17 Å². The molecule has 3 aliphatic heterocycles. The minimum absolute atomic E-state index is 0.0112. The Hall–Kier alpha value is -7.85. The van der Waals surface area contributed by atoms with Gasteiger partial charge in [0.1, 0.15) is 0 Å². The van der Waals surface area contributed by atoms with Crippen LogP contribution in [-0.4, -0.2) is 26.1 Å². The van der Waals surface area contributed by atoms with Gasteiger partial charge < -0.3 is 9.47 Å². The number of para-hydroxylation sites is 4. The molecule has 11 aromatic rings. The zero-order valence-electron chi connectivity index (χ0n) is 35.6. The van der Waals surface area contributed by atoms with Crippen LogP contribution in [0.15, 0.2) is 243 Å². The van der Waals surface area contributed by atoms with Crippen molar-refractivity contribution in [3.8, 4) is 16.8 Å². The van der Waals surface area contributed by atoms with Crippen LogP contribution in [0.4, 0.5) is 17.1 Å². The van der Waals surface area contributed by atoms with E-state index in [4.69, 9.17) is 0 Å². The van der Waals surface area contributed by atoms with E-state index < -0.39 is 8.07 Å². The lowest BCUT2D eigenvalue weighted by Crippen LogP contribution is -2.80. The van der Waals surface area contributed by atoms with Gasteiger partial charge in [-0.05, 0) is 78.0 Å². The number of hydrogen-bond acceptors (Lipinski definition) is 1. The van der Waals surface area contributed by atoms with E-state index in [0.717, 1.165) is 0 Å². The summed E-state index contributed by atoms with van der Waals surface area (Å²) < 4.78 is 2.45. The maximum Gasteiger partial charge on any atom is 0.246 e. The van der Waals surface area contributed by atoms with Crippen LogP contribution in [0.5, 0.6) is 0 Å². The number of hydrogen-bond donors (Lipinski definition) is 0. The smallest absolute Gasteiger partial charge is 0.246 e. The van der Waals surface area contributed by atoms with Crippen LogP contribution < -0.4 is 58.4 Å². The lowest BCUT2D eigenvalue weighted by molar-refractivity contribution is 1.18. The second kappa shape index (κ2) is 14.1. The van der Waals surface area contributed by atoms with Crippen molar-refractivity contribution >= 4 is 114 Å². The number of anilines is 3. The number of nitrogens with zero attached hydrogens (tertiary/aromatic N) is 2. The molecule has 1 aromatic heterocycles. The SMILES string of the molecule is c1ccc(B2c3cccc4c3N3c5c2cccc5[Si](c2ccccc2)(c2ccccc2)c2cc(-c5ccc6c7ccccc7n(-c7ccccc7)c6c5)cc(c23)B4c2ccccc2)cc1. The van der Waals surface area contributed by atoms with Crippen molar-refractivity contribution in [1.29, 1.82) is 0 Å². The van der Waals surface area contributed by atoms with Crippen LogP contribution in [0.2, 0.25) is 0 Å². The molecule has 3 aliphatic rings. The Bertz CT molecular complexity index is 3630. The molecule has 0 fully saturated rings. The Balaban J connectivity index is 1.15. The molecule has 0 unspecified atom stereocenters. The summed E-state index contributed by atoms with van der Waals surface area (Å²) in [7, 11) is -3.07. The third kappa shape index (κ3) is 5.07. The summed E-state index contributed by atoms with van der Waals surface area (Å²) in [4.78, 5) is 2.73. The molecule has 0 saturated carbocycles. The molecule has 0 radical (unpaired) electrons. The Morgan fingerprint density at radius 1 is 0.323 bits per heavy atom. The van der Waals surface area contributed by atoms with Gasteiger partial charge in [0.2, 0.25) is 13.4 Å². The van der Waals surface area contributed by atoms with E-state index in [1.165, 1.54) is 109 Å². The van der Waals surface area contributed by atoms with Crippen LogP contribution >= 0.6 is 0 Å². The summed E-state index contributed by atoms with van der Waals surface area (Å²) in [6.07, 6.45) is 0. The molecule has 0 bridgehead atoms. The molecule has 0 atom stereocenters. The van der Waals surface area contributed by atoms with Crippen LogP contribution in [0.1, 0.15) is 0 Å². The van der Waals surface area contributed by atoms with E-state index in [1.807, 2.05) is 0 Å². The van der Waals surface area contributed by atoms with Gasteiger partial charge in [0, 0.05) is 33.5 Å². The zero-order chi connectivity index (χ0) is 42.6. The first kappa shape index (κ1) is 36.6. The van der Waals surface area contributed by atoms with Gasteiger partial charge in [-0.3, -0.25) is 0 Å². The van der Waals surface area contributed by atoms with Crippen LogP contribution in [0, 0.1) is 0 Å². The zero-order valence-corrected chi connectivity index (χ0v) is 36.6. The largest absolute Gasteiger partial charge is 0.313 e. The maximum atomic E-state index is 2.73. The Morgan fingerprint density at radius 3 is 1.48 bits per heavy atom. The van der Waals surface area contributed by atoms with Crippen molar-refractivity contribution in [2.75, 3.05) is 4.90 Å². The number of rotatable bonds is 6. The molecule has 2 nitrogen and oxygen atoms in total. The second-order valence-electron chi connectivity index (χ2n) is 17.9. The van der Waals surface area contributed by atoms with Crippen LogP contribution in [0.3, 0.4) is 0 Å². The molecule has 0 N–H and O–H groups in total. The van der Waals surface area contributed by atoms with Gasteiger partial charge in [-0.1, -0.05) is 229 Å². The van der Waals surface area contributed by atoms with Gasteiger partial charge in [-0.25, -0.2) is 0 Å². The Morgan fingerprint density at radius 2 is 0.831 bits per heavy atom. The normalized spacial score (nSPS) is 13.9. The first-order chi connectivity index (χ1) is 32.3. The van der Waals surface area contributed by atoms with Crippen molar-refractivity contribution in [3.63, 3.8) is 0 Å². The van der Waals surface area contributed by atoms with Crippen molar-refractivity contribution in [2.45, 2.75) is 0 Å². The van der Waals surface area contributed by atoms with Crippen molar-refractivity contribution in [1.82, 2.24) is 4.57 Å². The van der Waals surface area contributed by atoms with Crippen molar-refractivity contribution in [3.05, 3.63) is 243 Å². The first-order valence-electron chi connectivity index (χ1n) is 22.8. The summed E-state index contributed by atoms with van der Waals surface area (Å²) in [5, 5.41) is 8.21. The number of fused-ring (bicyclic) bond motifs is 3. The monoisotopic (exact) mass is 838 g/mol. The van der Waals surface area contributed by atoms with E-state index in [1.54, 1.807) is 0 Å². The molecular weight excluding hydrogens is 798 g/mol. The highest BCUT2D eigenvalue weighted by atomic mass is 28.3. The molecule has 10 aromatic carbocycles. The predicted octanol–water partition coefficient (Wildman–Crippen LogP) is 7.27. The van der Waals surface area contributed by atoms with Gasteiger partial charge in [-0.2, -0.15) is 0 Å². The van der Waals surface area contributed by atoms with Gasteiger partial charge in [0.15, 0.2) is 8.07 Å². The quantitative estimate of drug-likeness (QED) is 0.160. The molecular formula is C60H40B2N2Si. The molecule has 300 valence electrons. The van der Waals surface area contributed by atoms with E-state index in [-0.39, 0.29) is 13.4 Å². The molecule has 0 aliphatic carbocycles.